The minimum atomic E-state index is 0.381. The normalized spacial score (nSPS) is 16.0. The first-order valence-electron chi connectivity index (χ1n) is 9.68. The lowest BCUT2D eigenvalue weighted by Gasteiger charge is -2.18. The van der Waals surface area contributed by atoms with E-state index in [0.29, 0.717) is 11.4 Å². The Labute approximate surface area is 170 Å². The van der Waals surface area contributed by atoms with Crippen molar-refractivity contribution in [2.45, 2.75) is 64.2 Å². The van der Waals surface area contributed by atoms with Crippen LogP contribution < -0.4 is 5.73 Å². The maximum Gasteiger partial charge on any atom is 0.142 e. The summed E-state index contributed by atoms with van der Waals surface area (Å²) in [5.74, 6) is 0.381. The van der Waals surface area contributed by atoms with Crippen LogP contribution in [0.2, 0.25) is 0 Å². The molecule has 0 unspecified atom stereocenters. The molecule has 0 amide bonds. The highest BCUT2D eigenvalue weighted by atomic mass is 127. The van der Waals surface area contributed by atoms with Crippen LogP contribution in [0.4, 0.5) is 5.82 Å². The number of nitrogen functional groups attached to an aromatic ring is 1. The first-order valence-corrected chi connectivity index (χ1v) is 10.8. The number of pyridine rings is 1. The zero-order valence-corrected chi connectivity index (χ0v) is 17.4. The summed E-state index contributed by atoms with van der Waals surface area (Å²) in [4.78, 5) is 4.67. The standard InChI is InChI=1S/C22H26IN3/c23-17-13-11-16(12-14-17)21-18-9-7-5-3-1-2-4-6-8-10-20(18)26-22(25)19(21)15-24/h11-14H,1-10H2,(H2,25,26). The van der Waals surface area contributed by atoms with Gasteiger partial charge in [-0.15, -0.1) is 0 Å². The molecule has 0 radical (unpaired) electrons. The van der Waals surface area contributed by atoms with E-state index in [0.717, 1.165) is 42.5 Å². The summed E-state index contributed by atoms with van der Waals surface area (Å²) in [5.41, 5.74) is 11.2. The van der Waals surface area contributed by atoms with Gasteiger partial charge in [-0.3, -0.25) is 0 Å². The third kappa shape index (κ3) is 4.56. The van der Waals surface area contributed by atoms with E-state index >= 15 is 0 Å². The van der Waals surface area contributed by atoms with Gasteiger partial charge < -0.3 is 5.73 Å². The Kier molecular flexibility index (Phi) is 6.90. The van der Waals surface area contributed by atoms with Crippen molar-refractivity contribution in [3.63, 3.8) is 0 Å². The predicted molar refractivity (Wildman–Crippen MR) is 116 cm³/mol. The van der Waals surface area contributed by atoms with E-state index in [-0.39, 0.29) is 0 Å². The van der Waals surface area contributed by atoms with E-state index in [9.17, 15) is 5.26 Å². The van der Waals surface area contributed by atoms with E-state index in [4.69, 9.17) is 5.73 Å². The second-order valence-electron chi connectivity index (χ2n) is 7.12. The van der Waals surface area contributed by atoms with E-state index in [1.807, 2.05) is 0 Å². The fourth-order valence-electron chi connectivity index (χ4n) is 3.87. The molecule has 1 aliphatic rings. The van der Waals surface area contributed by atoms with Gasteiger partial charge in [-0.2, -0.15) is 5.26 Å². The summed E-state index contributed by atoms with van der Waals surface area (Å²) >= 11 is 2.31. The Morgan fingerprint density at radius 2 is 1.46 bits per heavy atom. The number of nitrogens with two attached hydrogens (primary N) is 1. The number of benzene rings is 1. The second-order valence-corrected chi connectivity index (χ2v) is 8.37. The van der Waals surface area contributed by atoms with Crippen LogP contribution in [0.15, 0.2) is 24.3 Å². The molecule has 1 aromatic carbocycles. The zero-order chi connectivity index (χ0) is 18.4. The van der Waals surface area contributed by atoms with Gasteiger partial charge in [-0.25, -0.2) is 4.98 Å². The van der Waals surface area contributed by atoms with E-state index in [1.54, 1.807) is 0 Å². The fraction of sp³-hybridized carbons (Fsp3) is 0.455. The van der Waals surface area contributed by atoms with Gasteiger partial charge in [0.15, 0.2) is 0 Å². The molecule has 1 aliphatic carbocycles. The molecule has 0 saturated carbocycles. The highest BCUT2D eigenvalue weighted by molar-refractivity contribution is 14.1. The van der Waals surface area contributed by atoms with Crippen LogP contribution in [0.5, 0.6) is 0 Å². The number of fused-ring (bicyclic) bond motifs is 1. The van der Waals surface area contributed by atoms with Gasteiger partial charge in [-0.1, -0.05) is 50.7 Å². The molecule has 0 bridgehead atoms. The van der Waals surface area contributed by atoms with Crippen molar-refractivity contribution in [3.05, 3.63) is 44.7 Å². The number of rotatable bonds is 1. The predicted octanol–water partition coefficient (Wildman–Crippen LogP) is 6.03. The molecule has 0 atom stereocenters. The molecule has 3 rings (SSSR count). The summed E-state index contributed by atoms with van der Waals surface area (Å²) in [6.07, 6.45) is 12.1. The Morgan fingerprint density at radius 3 is 2.08 bits per heavy atom. The summed E-state index contributed by atoms with van der Waals surface area (Å²) in [6.45, 7) is 0. The number of anilines is 1. The van der Waals surface area contributed by atoms with Crippen LogP contribution in [-0.2, 0) is 12.8 Å². The van der Waals surface area contributed by atoms with Gasteiger partial charge in [0, 0.05) is 14.8 Å². The van der Waals surface area contributed by atoms with E-state index in [1.165, 1.54) is 47.7 Å². The first-order chi connectivity index (χ1) is 12.7. The first kappa shape index (κ1) is 19.2. The molecule has 0 spiro atoms. The number of hydrogen-bond acceptors (Lipinski definition) is 3. The van der Waals surface area contributed by atoms with Crippen molar-refractivity contribution in [1.29, 1.82) is 5.26 Å². The molecule has 4 heteroatoms. The number of nitrogens with zero attached hydrogens (tertiary/aromatic N) is 2. The highest BCUT2D eigenvalue weighted by Gasteiger charge is 2.19. The molecule has 1 heterocycles. The van der Waals surface area contributed by atoms with Crippen LogP contribution in [0.3, 0.4) is 0 Å². The molecular weight excluding hydrogens is 433 g/mol. The quantitative estimate of drug-likeness (QED) is 0.530. The average molecular weight is 459 g/mol. The van der Waals surface area contributed by atoms with Crippen molar-refractivity contribution < 1.29 is 0 Å². The van der Waals surface area contributed by atoms with Crippen molar-refractivity contribution in [3.8, 4) is 17.2 Å². The van der Waals surface area contributed by atoms with Crippen LogP contribution in [-0.4, -0.2) is 4.98 Å². The lowest BCUT2D eigenvalue weighted by atomic mass is 9.89. The number of aromatic nitrogens is 1. The fourth-order valence-corrected chi connectivity index (χ4v) is 4.23. The van der Waals surface area contributed by atoms with Crippen molar-refractivity contribution >= 4 is 28.4 Å². The number of hydrogen-bond donors (Lipinski definition) is 1. The summed E-state index contributed by atoms with van der Waals surface area (Å²) in [6, 6.07) is 10.7. The van der Waals surface area contributed by atoms with Crippen molar-refractivity contribution in [2.75, 3.05) is 5.73 Å². The maximum atomic E-state index is 9.75. The summed E-state index contributed by atoms with van der Waals surface area (Å²) in [7, 11) is 0. The molecule has 1 aromatic heterocycles. The van der Waals surface area contributed by atoms with Crippen molar-refractivity contribution in [2.24, 2.45) is 0 Å². The summed E-state index contributed by atoms with van der Waals surface area (Å²) in [5, 5.41) is 9.75. The topological polar surface area (TPSA) is 62.7 Å². The van der Waals surface area contributed by atoms with Gasteiger partial charge in [0.2, 0.25) is 0 Å². The smallest absolute Gasteiger partial charge is 0.142 e. The molecule has 0 saturated heterocycles. The molecule has 26 heavy (non-hydrogen) atoms. The number of halogens is 1. The van der Waals surface area contributed by atoms with Gasteiger partial charge >= 0.3 is 0 Å². The highest BCUT2D eigenvalue weighted by Crippen LogP contribution is 2.34. The number of aryl methyl sites for hydroxylation is 1. The van der Waals surface area contributed by atoms with Crippen LogP contribution in [0.1, 0.15) is 68.2 Å². The molecule has 136 valence electrons. The SMILES string of the molecule is N#Cc1c(N)nc2c(c1-c1ccc(I)cc1)CCCCCCCCCC2. The lowest BCUT2D eigenvalue weighted by Crippen LogP contribution is -2.09. The third-order valence-corrected chi connectivity index (χ3v) is 5.97. The molecule has 2 N–H and O–H groups in total. The van der Waals surface area contributed by atoms with Crippen LogP contribution in [0.25, 0.3) is 11.1 Å². The largest absolute Gasteiger partial charge is 0.383 e. The Morgan fingerprint density at radius 1 is 0.885 bits per heavy atom. The molecule has 2 aromatic rings. The molecule has 0 aliphatic heterocycles. The second kappa shape index (κ2) is 9.36. The van der Waals surface area contributed by atoms with Crippen molar-refractivity contribution in [1.82, 2.24) is 4.98 Å². The van der Waals surface area contributed by atoms with E-state index < -0.39 is 0 Å². The summed E-state index contributed by atoms with van der Waals surface area (Å²) < 4.78 is 1.19. The molecule has 0 fully saturated rings. The lowest BCUT2D eigenvalue weighted by molar-refractivity contribution is 0.557. The third-order valence-electron chi connectivity index (χ3n) is 5.25. The van der Waals surface area contributed by atoms with Gasteiger partial charge in [0.25, 0.3) is 0 Å². The molecule has 3 nitrogen and oxygen atoms in total. The van der Waals surface area contributed by atoms with Crippen LogP contribution >= 0.6 is 22.6 Å². The monoisotopic (exact) mass is 459 g/mol. The minimum absolute atomic E-state index is 0.381. The maximum absolute atomic E-state index is 9.75. The van der Waals surface area contributed by atoms with Gasteiger partial charge in [-0.05, 0) is 71.5 Å². The zero-order valence-electron chi connectivity index (χ0n) is 15.2. The average Bonchev–Trinajstić information content (AvgIpc) is 2.63. The molecular formula is C22H26IN3. The minimum Gasteiger partial charge on any atom is -0.383 e. The Bertz CT molecular complexity index is 791. The van der Waals surface area contributed by atoms with Gasteiger partial charge in [0.05, 0.1) is 0 Å². The van der Waals surface area contributed by atoms with Gasteiger partial charge in [0.1, 0.15) is 17.5 Å². The Balaban J connectivity index is 2.10. The van der Waals surface area contributed by atoms with E-state index in [2.05, 4.69) is 57.9 Å². The Hall–Kier alpha value is -1.61. The van der Waals surface area contributed by atoms with Crippen LogP contribution in [0, 0.1) is 14.9 Å². The number of nitriles is 1.